The van der Waals surface area contributed by atoms with Crippen molar-refractivity contribution in [1.82, 2.24) is 9.97 Å². The predicted molar refractivity (Wildman–Crippen MR) is 82.2 cm³/mol. The molecule has 0 aliphatic carbocycles. The predicted octanol–water partition coefficient (Wildman–Crippen LogP) is 4.98. The minimum atomic E-state index is -1.86. The van der Waals surface area contributed by atoms with Gasteiger partial charge in [0.2, 0.25) is 0 Å². The van der Waals surface area contributed by atoms with Crippen LogP contribution in [0.15, 0.2) is 36.5 Å². The van der Waals surface area contributed by atoms with Crippen molar-refractivity contribution >= 4 is 0 Å². The lowest BCUT2D eigenvalue weighted by molar-refractivity contribution is 0.410. The van der Waals surface area contributed by atoms with Crippen molar-refractivity contribution in [2.24, 2.45) is 0 Å². The molecule has 2 aromatic heterocycles. The highest BCUT2D eigenvalue weighted by Crippen LogP contribution is 2.29. The molecule has 0 saturated carbocycles. The maximum absolute atomic E-state index is 14.0. The zero-order valence-corrected chi connectivity index (χ0v) is 12.9. The zero-order valence-electron chi connectivity index (χ0n) is 12.9. The quantitative estimate of drug-likeness (QED) is 0.376. The van der Waals surface area contributed by atoms with Crippen LogP contribution in [-0.4, -0.2) is 9.97 Å². The first-order valence-corrected chi connectivity index (χ1v) is 7.12. The third kappa shape index (κ3) is 2.87. The van der Waals surface area contributed by atoms with E-state index >= 15 is 0 Å². The standard InChI is InChI=1S/C18H12F4N2/c1-9-3-4-23-14(5-9)15-7-10(2)6-13(24-15)11-8-12(19)17(21)18(22)16(11)20/h3-8H,1-2H3. The summed E-state index contributed by atoms with van der Waals surface area (Å²) in [6, 6.07) is 7.38. The summed E-state index contributed by atoms with van der Waals surface area (Å²) in [6.45, 7) is 3.62. The number of pyridine rings is 2. The van der Waals surface area contributed by atoms with E-state index in [0.29, 0.717) is 23.0 Å². The van der Waals surface area contributed by atoms with Gasteiger partial charge in [-0.25, -0.2) is 22.5 Å². The normalized spacial score (nSPS) is 10.9. The van der Waals surface area contributed by atoms with Gasteiger partial charge in [-0.05, 0) is 55.3 Å². The first-order chi connectivity index (χ1) is 11.4. The Labute approximate surface area is 135 Å². The van der Waals surface area contributed by atoms with E-state index in [0.717, 1.165) is 5.56 Å². The van der Waals surface area contributed by atoms with Gasteiger partial charge < -0.3 is 0 Å². The van der Waals surface area contributed by atoms with Crippen LogP contribution in [0.1, 0.15) is 11.1 Å². The Bertz CT molecular complexity index is 939. The summed E-state index contributed by atoms with van der Waals surface area (Å²) in [6.07, 6.45) is 1.60. The molecule has 3 rings (SSSR count). The summed E-state index contributed by atoms with van der Waals surface area (Å²) in [5.41, 5.74) is 2.19. The first kappa shape index (κ1) is 16.1. The molecule has 2 heterocycles. The van der Waals surface area contributed by atoms with Crippen molar-refractivity contribution < 1.29 is 17.6 Å². The molecule has 0 unspecified atom stereocenters. The second kappa shape index (κ2) is 6.03. The fourth-order valence-corrected chi connectivity index (χ4v) is 2.37. The Morgan fingerprint density at radius 2 is 1.38 bits per heavy atom. The summed E-state index contributed by atoms with van der Waals surface area (Å²) >= 11 is 0. The second-order valence-corrected chi connectivity index (χ2v) is 5.48. The summed E-state index contributed by atoms with van der Waals surface area (Å²) in [7, 11) is 0. The Balaban J connectivity index is 2.21. The Kier molecular flexibility index (Phi) is 4.05. The van der Waals surface area contributed by atoms with Crippen molar-refractivity contribution in [3.63, 3.8) is 0 Å². The van der Waals surface area contributed by atoms with Crippen LogP contribution >= 0.6 is 0 Å². The van der Waals surface area contributed by atoms with E-state index in [1.807, 2.05) is 13.0 Å². The van der Waals surface area contributed by atoms with Gasteiger partial charge >= 0.3 is 0 Å². The highest BCUT2D eigenvalue weighted by molar-refractivity contribution is 5.66. The van der Waals surface area contributed by atoms with E-state index in [2.05, 4.69) is 9.97 Å². The molecule has 24 heavy (non-hydrogen) atoms. The van der Waals surface area contributed by atoms with Crippen LogP contribution in [0.25, 0.3) is 22.6 Å². The van der Waals surface area contributed by atoms with Crippen molar-refractivity contribution in [2.75, 3.05) is 0 Å². The maximum Gasteiger partial charge on any atom is 0.198 e. The molecule has 0 fully saturated rings. The van der Waals surface area contributed by atoms with Gasteiger partial charge in [-0.2, -0.15) is 0 Å². The van der Waals surface area contributed by atoms with E-state index in [-0.39, 0.29) is 5.69 Å². The lowest BCUT2D eigenvalue weighted by Crippen LogP contribution is -2.01. The lowest BCUT2D eigenvalue weighted by Gasteiger charge is -2.09. The van der Waals surface area contributed by atoms with E-state index in [1.54, 1.807) is 25.3 Å². The molecule has 3 aromatic rings. The molecule has 6 heteroatoms. The monoisotopic (exact) mass is 332 g/mol. The Hall–Kier alpha value is -2.76. The second-order valence-electron chi connectivity index (χ2n) is 5.48. The summed E-state index contributed by atoms with van der Waals surface area (Å²) in [5, 5.41) is 0. The molecule has 0 spiro atoms. The smallest absolute Gasteiger partial charge is 0.198 e. The van der Waals surface area contributed by atoms with Crippen LogP contribution in [0.5, 0.6) is 0 Å². The van der Waals surface area contributed by atoms with Gasteiger partial charge in [-0.15, -0.1) is 0 Å². The van der Waals surface area contributed by atoms with Gasteiger partial charge in [0.25, 0.3) is 0 Å². The van der Waals surface area contributed by atoms with Gasteiger partial charge in [0.1, 0.15) is 0 Å². The molecule has 0 atom stereocenters. The number of benzene rings is 1. The first-order valence-electron chi connectivity index (χ1n) is 7.12. The molecule has 1 aromatic carbocycles. The largest absolute Gasteiger partial charge is 0.255 e. The van der Waals surface area contributed by atoms with Gasteiger partial charge in [-0.1, -0.05) is 0 Å². The van der Waals surface area contributed by atoms with Gasteiger partial charge in [-0.3, -0.25) is 4.98 Å². The minimum absolute atomic E-state index is 0.00334. The van der Waals surface area contributed by atoms with E-state index in [1.165, 1.54) is 6.07 Å². The van der Waals surface area contributed by atoms with Crippen LogP contribution in [0.2, 0.25) is 0 Å². The number of halogens is 4. The lowest BCUT2D eigenvalue weighted by atomic mass is 10.1. The van der Waals surface area contributed by atoms with E-state index in [4.69, 9.17) is 0 Å². The third-order valence-electron chi connectivity index (χ3n) is 3.53. The highest BCUT2D eigenvalue weighted by Gasteiger charge is 2.21. The number of aryl methyl sites for hydroxylation is 2. The summed E-state index contributed by atoms with van der Waals surface area (Å²) < 4.78 is 54.1. The van der Waals surface area contributed by atoms with Crippen LogP contribution in [0, 0.1) is 37.1 Å². The topological polar surface area (TPSA) is 25.8 Å². The number of hydrogen-bond acceptors (Lipinski definition) is 2. The number of rotatable bonds is 2. The molecule has 0 bridgehead atoms. The van der Waals surface area contributed by atoms with Crippen LogP contribution in [0.4, 0.5) is 17.6 Å². The molecule has 0 saturated heterocycles. The molecule has 0 aliphatic heterocycles. The number of hydrogen-bond donors (Lipinski definition) is 0. The maximum atomic E-state index is 14.0. The van der Waals surface area contributed by atoms with Crippen molar-refractivity contribution in [3.8, 4) is 22.6 Å². The average molecular weight is 332 g/mol. The van der Waals surface area contributed by atoms with Crippen molar-refractivity contribution in [1.29, 1.82) is 0 Å². The SMILES string of the molecule is Cc1ccnc(-c2cc(C)cc(-c3cc(F)c(F)c(F)c3F)n2)c1. The van der Waals surface area contributed by atoms with Crippen LogP contribution in [-0.2, 0) is 0 Å². The van der Waals surface area contributed by atoms with Gasteiger partial charge in [0.05, 0.1) is 17.1 Å². The van der Waals surface area contributed by atoms with E-state index < -0.39 is 28.8 Å². The Morgan fingerprint density at radius 1 is 0.708 bits per heavy atom. The van der Waals surface area contributed by atoms with E-state index in [9.17, 15) is 17.6 Å². The van der Waals surface area contributed by atoms with Crippen LogP contribution < -0.4 is 0 Å². The van der Waals surface area contributed by atoms with Gasteiger partial charge in [0, 0.05) is 11.8 Å². The average Bonchev–Trinajstić information content (AvgIpc) is 2.55. The molecule has 0 radical (unpaired) electrons. The molecule has 122 valence electrons. The molecule has 0 aliphatic rings. The molecule has 0 amide bonds. The van der Waals surface area contributed by atoms with Gasteiger partial charge in [0.15, 0.2) is 23.3 Å². The summed E-state index contributed by atoms with van der Waals surface area (Å²) in [4.78, 5) is 8.42. The molecular weight excluding hydrogens is 320 g/mol. The zero-order chi connectivity index (χ0) is 17.4. The fraction of sp³-hybridized carbons (Fsp3) is 0.111. The number of nitrogens with zero attached hydrogens (tertiary/aromatic N) is 2. The summed E-state index contributed by atoms with van der Waals surface area (Å²) in [5.74, 6) is -6.65. The fourth-order valence-electron chi connectivity index (χ4n) is 2.37. The molecule has 0 N–H and O–H groups in total. The molecule has 2 nitrogen and oxygen atoms in total. The minimum Gasteiger partial charge on any atom is -0.255 e. The highest BCUT2D eigenvalue weighted by atomic mass is 19.2. The van der Waals surface area contributed by atoms with Crippen molar-refractivity contribution in [2.45, 2.75) is 13.8 Å². The molecular formula is C18H12F4N2. The number of aromatic nitrogens is 2. The van der Waals surface area contributed by atoms with Crippen molar-refractivity contribution in [3.05, 3.63) is 70.9 Å². The third-order valence-corrected chi connectivity index (χ3v) is 3.53. The van der Waals surface area contributed by atoms with Crippen LogP contribution in [0.3, 0.4) is 0 Å². The Morgan fingerprint density at radius 3 is 2.08 bits per heavy atom.